The van der Waals surface area contributed by atoms with Gasteiger partial charge in [0, 0.05) is 12.8 Å². The van der Waals surface area contributed by atoms with E-state index < -0.39 is 0 Å². The quantitative estimate of drug-likeness (QED) is 0.893. The first-order valence-electron chi connectivity index (χ1n) is 5.25. The molecule has 2 nitrogen and oxygen atoms in total. The molecular formula is C12H17BrFNO. The fourth-order valence-electron chi connectivity index (χ4n) is 1.38. The largest absolute Gasteiger partial charge is 0.383 e. The summed E-state index contributed by atoms with van der Waals surface area (Å²) < 4.78 is 18.7. The minimum Gasteiger partial charge on any atom is -0.383 e. The lowest BCUT2D eigenvalue weighted by Crippen LogP contribution is -2.30. The highest BCUT2D eigenvalue weighted by molar-refractivity contribution is 9.10. The van der Waals surface area contributed by atoms with Crippen molar-refractivity contribution in [2.24, 2.45) is 5.92 Å². The second-order valence-corrected chi connectivity index (χ2v) is 4.93. The molecule has 16 heavy (non-hydrogen) atoms. The maximum atomic E-state index is 13.0. The first-order chi connectivity index (χ1) is 7.54. The number of hydrogen-bond acceptors (Lipinski definition) is 2. The molecule has 1 aromatic carbocycles. The van der Waals surface area contributed by atoms with Crippen LogP contribution >= 0.6 is 15.9 Å². The molecule has 1 rings (SSSR count). The van der Waals surface area contributed by atoms with Crippen molar-refractivity contribution in [3.05, 3.63) is 28.5 Å². The summed E-state index contributed by atoms with van der Waals surface area (Å²) in [6.45, 7) is 4.87. The highest BCUT2D eigenvalue weighted by Gasteiger charge is 2.13. The molecule has 0 radical (unpaired) electrons. The van der Waals surface area contributed by atoms with Crippen LogP contribution in [0, 0.1) is 11.7 Å². The Kier molecular flexibility index (Phi) is 5.22. The van der Waals surface area contributed by atoms with Crippen LogP contribution in [0.25, 0.3) is 0 Å². The van der Waals surface area contributed by atoms with E-state index in [1.165, 1.54) is 6.07 Å². The molecule has 1 N–H and O–H groups in total. The summed E-state index contributed by atoms with van der Waals surface area (Å²) in [7, 11) is 1.68. The minimum atomic E-state index is -0.251. The summed E-state index contributed by atoms with van der Waals surface area (Å²) in [5.74, 6) is 0.196. The van der Waals surface area contributed by atoms with Crippen LogP contribution in [0.4, 0.5) is 10.1 Å². The fraction of sp³-hybridized carbons (Fsp3) is 0.500. The highest BCUT2D eigenvalue weighted by atomic mass is 79.9. The molecule has 0 aliphatic carbocycles. The summed E-state index contributed by atoms with van der Waals surface area (Å²) in [5, 5.41) is 3.33. The van der Waals surface area contributed by atoms with Gasteiger partial charge in [-0.05, 0) is 40.0 Å². The third kappa shape index (κ3) is 3.76. The van der Waals surface area contributed by atoms with Crippen molar-refractivity contribution in [2.75, 3.05) is 19.0 Å². The van der Waals surface area contributed by atoms with Crippen LogP contribution < -0.4 is 5.32 Å². The minimum absolute atomic E-state index is 0.224. The topological polar surface area (TPSA) is 21.3 Å². The van der Waals surface area contributed by atoms with Crippen LogP contribution in [0.1, 0.15) is 13.8 Å². The van der Waals surface area contributed by atoms with E-state index in [0.29, 0.717) is 17.0 Å². The van der Waals surface area contributed by atoms with E-state index in [4.69, 9.17) is 4.74 Å². The van der Waals surface area contributed by atoms with E-state index in [0.717, 1.165) is 5.69 Å². The van der Waals surface area contributed by atoms with Gasteiger partial charge in [0.05, 0.1) is 17.1 Å². The van der Waals surface area contributed by atoms with Gasteiger partial charge in [-0.2, -0.15) is 0 Å². The van der Waals surface area contributed by atoms with Gasteiger partial charge in [0.25, 0.3) is 0 Å². The molecule has 0 aliphatic heterocycles. The molecule has 1 unspecified atom stereocenters. The Hall–Kier alpha value is -0.610. The molecule has 0 aliphatic rings. The van der Waals surface area contributed by atoms with Crippen LogP contribution in [0.15, 0.2) is 22.7 Å². The Bertz CT molecular complexity index is 344. The van der Waals surface area contributed by atoms with E-state index in [1.807, 2.05) is 0 Å². The van der Waals surface area contributed by atoms with Gasteiger partial charge < -0.3 is 10.1 Å². The Morgan fingerprint density at radius 2 is 2.12 bits per heavy atom. The summed E-state index contributed by atoms with van der Waals surface area (Å²) in [6.07, 6.45) is 0. The van der Waals surface area contributed by atoms with Crippen molar-refractivity contribution in [1.29, 1.82) is 0 Å². The van der Waals surface area contributed by atoms with Gasteiger partial charge in [-0.25, -0.2) is 4.39 Å². The lowest BCUT2D eigenvalue weighted by atomic mass is 10.1. The van der Waals surface area contributed by atoms with Crippen molar-refractivity contribution >= 4 is 21.6 Å². The number of halogens is 2. The average Bonchev–Trinajstić information content (AvgIpc) is 2.22. The van der Waals surface area contributed by atoms with Gasteiger partial charge in [-0.1, -0.05) is 13.8 Å². The van der Waals surface area contributed by atoms with Gasteiger partial charge >= 0.3 is 0 Å². The Morgan fingerprint density at radius 1 is 1.44 bits per heavy atom. The maximum Gasteiger partial charge on any atom is 0.137 e. The second-order valence-electron chi connectivity index (χ2n) is 4.08. The molecule has 1 aromatic rings. The molecule has 0 heterocycles. The smallest absolute Gasteiger partial charge is 0.137 e. The number of ether oxygens (including phenoxy) is 1. The predicted octanol–water partition coefficient (Wildman–Crippen LogP) is 3.67. The Balaban J connectivity index is 2.73. The van der Waals surface area contributed by atoms with Gasteiger partial charge in [0.1, 0.15) is 5.82 Å². The van der Waals surface area contributed by atoms with Crippen LogP contribution in [0.2, 0.25) is 0 Å². The standard InChI is InChI=1S/C12H17BrFNO/c1-8(2)12(7-16-3)15-9-4-5-11(14)10(13)6-9/h4-6,8,12,15H,7H2,1-3H3. The first-order valence-corrected chi connectivity index (χ1v) is 6.04. The third-order valence-electron chi connectivity index (χ3n) is 2.42. The molecule has 90 valence electrons. The summed E-state index contributed by atoms with van der Waals surface area (Å²) in [4.78, 5) is 0. The third-order valence-corrected chi connectivity index (χ3v) is 3.03. The number of rotatable bonds is 5. The van der Waals surface area contributed by atoms with Gasteiger partial charge in [-0.3, -0.25) is 0 Å². The molecular weight excluding hydrogens is 273 g/mol. The molecule has 0 fully saturated rings. The molecule has 0 saturated carbocycles. The van der Waals surface area contributed by atoms with E-state index in [1.54, 1.807) is 19.2 Å². The zero-order chi connectivity index (χ0) is 12.1. The zero-order valence-corrected chi connectivity index (χ0v) is 11.3. The molecule has 0 bridgehead atoms. The number of anilines is 1. The number of hydrogen-bond donors (Lipinski definition) is 1. The van der Waals surface area contributed by atoms with Crippen LogP contribution in [0.3, 0.4) is 0 Å². The SMILES string of the molecule is COCC(Nc1ccc(F)c(Br)c1)C(C)C. The Morgan fingerprint density at radius 3 is 2.62 bits per heavy atom. The number of nitrogens with one attached hydrogen (secondary N) is 1. The van der Waals surface area contributed by atoms with E-state index in [-0.39, 0.29) is 11.9 Å². The monoisotopic (exact) mass is 289 g/mol. The molecule has 0 aromatic heterocycles. The van der Waals surface area contributed by atoms with E-state index in [2.05, 4.69) is 35.1 Å². The average molecular weight is 290 g/mol. The molecule has 4 heteroatoms. The number of methoxy groups -OCH3 is 1. The van der Waals surface area contributed by atoms with Crippen molar-refractivity contribution < 1.29 is 9.13 Å². The first kappa shape index (κ1) is 13.5. The van der Waals surface area contributed by atoms with Crippen molar-refractivity contribution in [3.8, 4) is 0 Å². The normalized spacial score (nSPS) is 12.9. The summed E-state index contributed by atoms with van der Waals surface area (Å²) in [6, 6.07) is 5.13. The second kappa shape index (κ2) is 6.21. The Labute approximate surface area is 104 Å². The highest BCUT2D eigenvalue weighted by Crippen LogP contribution is 2.21. The lowest BCUT2D eigenvalue weighted by molar-refractivity contribution is 0.171. The van der Waals surface area contributed by atoms with Gasteiger partial charge in [-0.15, -0.1) is 0 Å². The molecule has 1 atom stereocenters. The fourth-order valence-corrected chi connectivity index (χ4v) is 1.76. The predicted molar refractivity (Wildman–Crippen MR) is 68.2 cm³/mol. The molecule has 0 saturated heterocycles. The van der Waals surface area contributed by atoms with Crippen molar-refractivity contribution in [2.45, 2.75) is 19.9 Å². The van der Waals surface area contributed by atoms with E-state index >= 15 is 0 Å². The van der Waals surface area contributed by atoms with Crippen LogP contribution in [-0.2, 0) is 4.74 Å². The van der Waals surface area contributed by atoms with Gasteiger partial charge in [0.2, 0.25) is 0 Å². The maximum absolute atomic E-state index is 13.0. The summed E-state index contributed by atoms with van der Waals surface area (Å²) in [5.41, 5.74) is 0.893. The van der Waals surface area contributed by atoms with Crippen LogP contribution in [-0.4, -0.2) is 19.8 Å². The lowest BCUT2D eigenvalue weighted by Gasteiger charge is -2.22. The zero-order valence-electron chi connectivity index (χ0n) is 9.76. The van der Waals surface area contributed by atoms with E-state index in [9.17, 15) is 4.39 Å². The number of benzene rings is 1. The molecule has 0 spiro atoms. The van der Waals surface area contributed by atoms with Crippen molar-refractivity contribution in [1.82, 2.24) is 0 Å². The summed E-state index contributed by atoms with van der Waals surface area (Å²) >= 11 is 3.17. The van der Waals surface area contributed by atoms with Gasteiger partial charge in [0.15, 0.2) is 0 Å². The van der Waals surface area contributed by atoms with Crippen molar-refractivity contribution in [3.63, 3.8) is 0 Å². The molecule has 0 amide bonds. The van der Waals surface area contributed by atoms with Crippen LogP contribution in [0.5, 0.6) is 0 Å².